The molecule has 1 aliphatic heterocycles. The molecule has 0 aliphatic carbocycles. The number of hydrogen-bond acceptors (Lipinski definition) is 4. The third-order valence-electron chi connectivity index (χ3n) is 4.13. The van der Waals surface area contributed by atoms with Crippen LogP contribution < -0.4 is 10.6 Å². The van der Waals surface area contributed by atoms with Gasteiger partial charge in [-0.05, 0) is 30.9 Å². The highest BCUT2D eigenvalue weighted by atomic mass is 35.5. The fourth-order valence-corrected chi connectivity index (χ4v) is 3.34. The first-order valence-corrected chi connectivity index (χ1v) is 9.84. The van der Waals surface area contributed by atoms with Crippen molar-refractivity contribution in [3.8, 4) is 0 Å². The van der Waals surface area contributed by atoms with Crippen molar-refractivity contribution < 1.29 is 9.59 Å². The van der Waals surface area contributed by atoms with Gasteiger partial charge in [0.15, 0.2) is 0 Å². The van der Waals surface area contributed by atoms with Crippen LogP contribution in [0.4, 0.5) is 0 Å². The van der Waals surface area contributed by atoms with Crippen molar-refractivity contribution >= 4 is 36.0 Å². The number of carbonyl (C=O) groups is 2. The minimum atomic E-state index is -0.432. The molecule has 0 spiro atoms. The van der Waals surface area contributed by atoms with E-state index in [1.165, 1.54) is 0 Å². The van der Waals surface area contributed by atoms with Gasteiger partial charge in [-0.1, -0.05) is 30.3 Å². The second kappa shape index (κ2) is 11.4. The number of rotatable bonds is 7. The molecular weight excluding hydrogens is 358 g/mol. The zero-order valence-electron chi connectivity index (χ0n) is 14.9. The number of carbonyl (C=O) groups excluding carboxylic acids is 2. The molecule has 2 unspecified atom stereocenters. The Hall–Kier alpha value is -1.24. The lowest BCUT2D eigenvalue weighted by Crippen LogP contribution is -2.56. The number of piperazine rings is 1. The van der Waals surface area contributed by atoms with Crippen molar-refractivity contribution in [3.05, 3.63) is 35.9 Å². The van der Waals surface area contributed by atoms with Gasteiger partial charge in [0, 0.05) is 25.7 Å². The van der Waals surface area contributed by atoms with E-state index in [2.05, 4.69) is 17.6 Å². The van der Waals surface area contributed by atoms with Gasteiger partial charge in [-0.15, -0.1) is 12.4 Å². The van der Waals surface area contributed by atoms with Crippen LogP contribution in [0, 0.1) is 0 Å². The number of thioether (sulfide) groups is 1. The molecule has 0 radical (unpaired) electrons. The first-order chi connectivity index (χ1) is 11.6. The van der Waals surface area contributed by atoms with Crippen molar-refractivity contribution in [3.63, 3.8) is 0 Å². The van der Waals surface area contributed by atoms with Gasteiger partial charge in [0.05, 0.1) is 6.42 Å². The molecule has 1 saturated heterocycles. The number of amides is 2. The highest BCUT2D eigenvalue weighted by Gasteiger charge is 2.28. The normalized spacial score (nSPS) is 18.2. The second-order valence-electron chi connectivity index (χ2n) is 6.20. The summed E-state index contributed by atoms with van der Waals surface area (Å²) in [7, 11) is 0. The van der Waals surface area contributed by atoms with E-state index in [1.807, 2.05) is 41.5 Å². The second-order valence-corrected chi connectivity index (χ2v) is 7.19. The van der Waals surface area contributed by atoms with Crippen LogP contribution in [0.2, 0.25) is 0 Å². The maximum atomic E-state index is 12.8. The third kappa shape index (κ3) is 7.26. The van der Waals surface area contributed by atoms with Crippen LogP contribution in [0.3, 0.4) is 0 Å². The van der Waals surface area contributed by atoms with E-state index in [-0.39, 0.29) is 24.2 Å². The number of nitrogens with one attached hydrogen (secondary N) is 2. The molecule has 2 amide bonds. The molecule has 0 saturated carbocycles. The highest BCUT2D eigenvalue weighted by Crippen LogP contribution is 2.08. The van der Waals surface area contributed by atoms with Crippen molar-refractivity contribution in [1.82, 2.24) is 15.5 Å². The van der Waals surface area contributed by atoms with Gasteiger partial charge in [0.2, 0.25) is 11.8 Å². The lowest BCUT2D eigenvalue weighted by Gasteiger charge is -2.34. The average molecular weight is 386 g/mol. The third-order valence-corrected chi connectivity index (χ3v) is 4.78. The summed E-state index contributed by atoms with van der Waals surface area (Å²) < 4.78 is 0. The Morgan fingerprint density at radius 1 is 1.36 bits per heavy atom. The Labute approximate surface area is 160 Å². The molecule has 7 heteroatoms. The molecule has 1 aromatic carbocycles. The topological polar surface area (TPSA) is 61.4 Å². The summed E-state index contributed by atoms with van der Waals surface area (Å²) in [4.78, 5) is 27.0. The fraction of sp³-hybridized carbons (Fsp3) is 0.556. The van der Waals surface area contributed by atoms with Crippen LogP contribution in [0.25, 0.3) is 0 Å². The van der Waals surface area contributed by atoms with Crippen molar-refractivity contribution in [2.24, 2.45) is 0 Å². The molecular formula is C18H28ClN3O2S. The van der Waals surface area contributed by atoms with Gasteiger partial charge in [-0.25, -0.2) is 0 Å². The Morgan fingerprint density at radius 3 is 2.72 bits per heavy atom. The Bertz CT molecular complexity index is 544. The first kappa shape index (κ1) is 21.8. The summed E-state index contributed by atoms with van der Waals surface area (Å²) >= 11 is 1.69. The van der Waals surface area contributed by atoms with Crippen LogP contribution in [0.1, 0.15) is 18.9 Å². The van der Waals surface area contributed by atoms with E-state index in [4.69, 9.17) is 0 Å². The van der Waals surface area contributed by atoms with Crippen LogP contribution >= 0.6 is 24.2 Å². The molecule has 1 aromatic rings. The van der Waals surface area contributed by atoms with E-state index in [1.54, 1.807) is 11.8 Å². The molecule has 2 atom stereocenters. The Kier molecular flexibility index (Phi) is 9.93. The summed E-state index contributed by atoms with van der Waals surface area (Å²) in [5.41, 5.74) is 0.960. The molecule has 140 valence electrons. The van der Waals surface area contributed by atoms with Gasteiger partial charge < -0.3 is 15.5 Å². The van der Waals surface area contributed by atoms with Crippen molar-refractivity contribution in [2.45, 2.75) is 31.8 Å². The number of hydrogen-bond donors (Lipinski definition) is 2. The summed E-state index contributed by atoms with van der Waals surface area (Å²) in [6.45, 7) is 4.28. The van der Waals surface area contributed by atoms with Gasteiger partial charge >= 0.3 is 0 Å². The zero-order valence-corrected chi connectivity index (χ0v) is 16.5. The predicted octanol–water partition coefficient (Wildman–Crippen LogP) is 1.71. The van der Waals surface area contributed by atoms with Gasteiger partial charge in [-0.2, -0.15) is 11.8 Å². The predicted molar refractivity (Wildman–Crippen MR) is 106 cm³/mol. The minimum absolute atomic E-state index is 0. The molecule has 2 rings (SSSR count). The highest BCUT2D eigenvalue weighted by molar-refractivity contribution is 7.98. The SMILES string of the molecule is CSCCC(NC(=O)Cc1ccccc1)C(=O)N1CCNC(C)C1.Cl. The summed E-state index contributed by atoms with van der Waals surface area (Å²) in [5, 5.41) is 6.29. The lowest BCUT2D eigenvalue weighted by molar-refractivity contribution is -0.137. The minimum Gasteiger partial charge on any atom is -0.344 e. The van der Waals surface area contributed by atoms with E-state index >= 15 is 0 Å². The first-order valence-electron chi connectivity index (χ1n) is 8.44. The van der Waals surface area contributed by atoms with Crippen molar-refractivity contribution in [1.29, 1.82) is 0 Å². The maximum Gasteiger partial charge on any atom is 0.245 e. The monoisotopic (exact) mass is 385 g/mol. The molecule has 1 fully saturated rings. The Balaban J connectivity index is 0.00000312. The molecule has 0 aromatic heterocycles. The van der Waals surface area contributed by atoms with Gasteiger partial charge in [0.25, 0.3) is 0 Å². The Morgan fingerprint density at radius 2 is 2.08 bits per heavy atom. The smallest absolute Gasteiger partial charge is 0.245 e. The van der Waals surface area contributed by atoms with Crippen LogP contribution in [0.5, 0.6) is 0 Å². The summed E-state index contributed by atoms with van der Waals surface area (Å²) in [5.74, 6) is 0.798. The van der Waals surface area contributed by atoms with E-state index < -0.39 is 6.04 Å². The number of nitrogens with zero attached hydrogens (tertiary/aromatic N) is 1. The van der Waals surface area contributed by atoms with Crippen molar-refractivity contribution in [2.75, 3.05) is 31.6 Å². The largest absolute Gasteiger partial charge is 0.344 e. The summed E-state index contributed by atoms with van der Waals surface area (Å²) in [6, 6.07) is 9.48. The summed E-state index contributed by atoms with van der Waals surface area (Å²) in [6.07, 6.45) is 2.99. The molecule has 1 aliphatic rings. The van der Waals surface area contributed by atoms with Crippen LogP contribution in [-0.4, -0.2) is 60.4 Å². The molecule has 5 nitrogen and oxygen atoms in total. The maximum absolute atomic E-state index is 12.8. The van der Waals surface area contributed by atoms with Crippen LogP contribution in [0.15, 0.2) is 30.3 Å². The van der Waals surface area contributed by atoms with E-state index in [9.17, 15) is 9.59 Å². The molecule has 1 heterocycles. The average Bonchev–Trinajstić information content (AvgIpc) is 2.59. The van der Waals surface area contributed by atoms with E-state index in [0.717, 1.165) is 17.9 Å². The quantitative estimate of drug-likeness (QED) is 0.750. The fourth-order valence-electron chi connectivity index (χ4n) is 2.87. The zero-order chi connectivity index (χ0) is 17.4. The molecule has 25 heavy (non-hydrogen) atoms. The lowest BCUT2D eigenvalue weighted by atomic mass is 10.1. The number of benzene rings is 1. The molecule has 0 bridgehead atoms. The standard InChI is InChI=1S/C18H27N3O2S.ClH/c1-14-13-21(10-9-19-14)18(23)16(8-11-24-2)20-17(22)12-15-6-4-3-5-7-15;/h3-7,14,16,19H,8-13H2,1-2H3,(H,20,22);1H. The van der Waals surface area contributed by atoms with E-state index in [0.29, 0.717) is 32.0 Å². The number of halogens is 1. The van der Waals surface area contributed by atoms with Gasteiger partial charge in [-0.3, -0.25) is 9.59 Å². The van der Waals surface area contributed by atoms with Gasteiger partial charge in [0.1, 0.15) is 6.04 Å². The molecule has 2 N–H and O–H groups in total. The van der Waals surface area contributed by atoms with Crippen LogP contribution in [-0.2, 0) is 16.0 Å².